The van der Waals surface area contributed by atoms with E-state index < -0.39 is 0 Å². The SMILES string of the molecule is COc1coc(C(=O)N2CCN(c3cccc(Cl)c3Cl)CC2)cc1=O. The monoisotopic (exact) mass is 382 g/mol. The molecule has 132 valence electrons. The van der Waals surface area contributed by atoms with Gasteiger partial charge in [-0.25, -0.2) is 0 Å². The van der Waals surface area contributed by atoms with E-state index in [0.29, 0.717) is 36.2 Å². The quantitative estimate of drug-likeness (QED) is 0.816. The predicted molar refractivity (Wildman–Crippen MR) is 96.1 cm³/mol. The third-order valence-electron chi connectivity index (χ3n) is 4.07. The fourth-order valence-electron chi connectivity index (χ4n) is 2.70. The number of amides is 1. The Balaban J connectivity index is 1.69. The number of methoxy groups -OCH3 is 1. The maximum Gasteiger partial charge on any atom is 0.289 e. The molecule has 3 rings (SSSR count). The average molecular weight is 383 g/mol. The number of hydrogen-bond donors (Lipinski definition) is 0. The molecule has 0 atom stereocenters. The number of piperazine rings is 1. The minimum absolute atomic E-state index is 0.0000352. The highest BCUT2D eigenvalue weighted by atomic mass is 35.5. The third kappa shape index (κ3) is 3.60. The normalized spacial score (nSPS) is 14.5. The van der Waals surface area contributed by atoms with E-state index in [1.165, 1.54) is 7.11 Å². The standard InChI is InChI=1S/C17H16Cl2N2O4/c1-24-15-10-25-14(9-13(15)22)17(23)21-7-5-20(6-8-21)12-4-2-3-11(18)16(12)19/h2-4,9-10H,5-8H2,1H3. The van der Waals surface area contributed by atoms with E-state index in [9.17, 15) is 9.59 Å². The number of benzene rings is 1. The lowest BCUT2D eigenvalue weighted by molar-refractivity contribution is 0.0711. The molecular weight excluding hydrogens is 367 g/mol. The Bertz CT molecular complexity index is 845. The summed E-state index contributed by atoms with van der Waals surface area (Å²) < 4.78 is 10.1. The van der Waals surface area contributed by atoms with Gasteiger partial charge >= 0.3 is 0 Å². The summed E-state index contributed by atoms with van der Waals surface area (Å²) in [7, 11) is 1.37. The van der Waals surface area contributed by atoms with Gasteiger partial charge in [0.15, 0.2) is 5.76 Å². The summed E-state index contributed by atoms with van der Waals surface area (Å²) in [5.41, 5.74) is 0.457. The van der Waals surface area contributed by atoms with Crippen LogP contribution in [-0.2, 0) is 0 Å². The molecule has 1 aliphatic heterocycles. The molecule has 0 spiro atoms. The molecular formula is C17H16Cl2N2O4. The van der Waals surface area contributed by atoms with Gasteiger partial charge in [-0.15, -0.1) is 0 Å². The number of anilines is 1. The Labute approximate surface area is 154 Å². The number of hydrogen-bond acceptors (Lipinski definition) is 5. The zero-order valence-corrected chi connectivity index (χ0v) is 15.0. The van der Waals surface area contributed by atoms with Crippen molar-refractivity contribution >= 4 is 34.8 Å². The van der Waals surface area contributed by atoms with Gasteiger partial charge in [-0.3, -0.25) is 9.59 Å². The molecule has 2 heterocycles. The van der Waals surface area contributed by atoms with Crippen LogP contribution in [0.3, 0.4) is 0 Å². The van der Waals surface area contributed by atoms with Crippen molar-refractivity contribution in [3.63, 3.8) is 0 Å². The van der Waals surface area contributed by atoms with Gasteiger partial charge in [-0.2, -0.15) is 0 Å². The summed E-state index contributed by atoms with van der Waals surface area (Å²) in [4.78, 5) is 28.0. The topological polar surface area (TPSA) is 63.0 Å². The van der Waals surface area contributed by atoms with E-state index in [0.717, 1.165) is 18.0 Å². The van der Waals surface area contributed by atoms with Crippen LogP contribution in [0.25, 0.3) is 0 Å². The van der Waals surface area contributed by atoms with E-state index in [4.69, 9.17) is 32.4 Å². The fourth-order valence-corrected chi connectivity index (χ4v) is 3.12. The molecule has 1 fully saturated rings. The predicted octanol–water partition coefficient (Wildman–Crippen LogP) is 2.92. The number of ether oxygens (including phenoxy) is 1. The Morgan fingerprint density at radius 1 is 1.20 bits per heavy atom. The second kappa shape index (κ2) is 7.37. The first-order valence-corrected chi connectivity index (χ1v) is 8.42. The maximum absolute atomic E-state index is 12.5. The zero-order chi connectivity index (χ0) is 18.0. The second-order valence-corrected chi connectivity index (χ2v) is 6.31. The molecule has 1 aliphatic rings. The summed E-state index contributed by atoms with van der Waals surface area (Å²) in [6.07, 6.45) is 1.15. The minimum Gasteiger partial charge on any atom is -0.490 e. The Morgan fingerprint density at radius 3 is 2.56 bits per heavy atom. The largest absolute Gasteiger partial charge is 0.490 e. The molecule has 0 radical (unpaired) electrons. The number of rotatable bonds is 3. The lowest BCUT2D eigenvalue weighted by atomic mass is 10.2. The highest BCUT2D eigenvalue weighted by Gasteiger charge is 2.25. The van der Waals surface area contributed by atoms with Gasteiger partial charge in [0, 0.05) is 32.2 Å². The number of carbonyl (C=O) groups excluding carboxylic acids is 1. The average Bonchev–Trinajstić information content (AvgIpc) is 2.63. The van der Waals surface area contributed by atoms with Crippen molar-refractivity contribution in [1.29, 1.82) is 0 Å². The van der Waals surface area contributed by atoms with Crippen LogP contribution in [0.2, 0.25) is 10.0 Å². The molecule has 1 saturated heterocycles. The fraction of sp³-hybridized carbons (Fsp3) is 0.294. The Kier molecular flexibility index (Phi) is 5.20. The van der Waals surface area contributed by atoms with Crippen LogP contribution in [0.15, 0.2) is 39.7 Å². The Morgan fingerprint density at radius 2 is 1.92 bits per heavy atom. The molecule has 25 heavy (non-hydrogen) atoms. The van der Waals surface area contributed by atoms with Gasteiger partial charge in [0.05, 0.1) is 22.8 Å². The number of carbonyl (C=O) groups is 1. The molecule has 0 unspecified atom stereocenters. The van der Waals surface area contributed by atoms with Crippen molar-refractivity contribution in [2.45, 2.75) is 0 Å². The van der Waals surface area contributed by atoms with E-state index in [1.807, 2.05) is 12.1 Å². The summed E-state index contributed by atoms with van der Waals surface area (Å²) >= 11 is 12.3. The van der Waals surface area contributed by atoms with Crippen LogP contribution in [0.4, 0.5) is 5.69 Å². The van der Waals surface area contributed by atoms with Gasteiger partial charge in [-0.1, -0.05) is 29.3 Å². The molecule has 1 aromatic carbocycles. The highest BCUT2D eigenvalue weighted by molar-refractivity contribution is 6.43. The summed E-state index contributed by atoms with van der Waals surface area (Å²) in [5, 5.41) is 1.00. The van der Waals surface area contributed by atoms with Crippen molar-refractivity contribution in [2.24, 2.45) is 0 Å². The molecule has 0 aliphatic carbocycles. The van der Waals surface area contributed by atoms with Crippen LogP contribution in [0.5, 0.6) is 5.75 Å². The molecule has 0 N–H and O–H groups in total. The van der Waals surface area contributed by atoms with Crippen molar-refractivity contribution in [3.8, 4) is 5.75 Å². The van der Waals surface area contributed by atoms with Crippen LogP contribution in [0.1, 0.15) is 10.6 Å². The molecule has 1 amide bonds. The van der Waals surface area contributed by atoms with Gasteiger partial charge in [0.2, 0.25) is 11.2 Å². The summed E-state index contributed by atoms with van der Waals surface area (Å²) in [6, 6.07) is 6.63. The van der Waals surface area contributed by atoms with E-state index >= 15 is 0 Å². The van der Waals surface area contributed by atoms with E-state index in [-0.39, 0.29) is 22.8 Å². The van der Waals surface area contributed by atoms with Crippen LogP contribution in [0, 0.1) is 0 Å². The Hall–Kier alpha value is -2.18. The van der Waals surface area contributed by atoms with Gasteiger partial charge < -0.3 is 19.0 Å². The van der Waals surface area contributed by atoms with Gasteiger partial charge in [-0.05, 0) is 12.1 Å². The number of halogens is 2. The van der Waals surface area contributed by atoms with E-state index in [1.54, 1.807) is 11.0 Å². The van der Waals surface area contributed by atoms with Gasteiger partial charge in [0.1, 0.15) is 6.26 Å². The van der Waals surface area contributed by atoms with Crippen molar-refractivity contribution in [1.82, 2.24) is 4.90 Å². The third-order valence-corrected chi connectivity index (χ3v) is 4.88. The molecule has 0 bridgehead atoms. The maximum atomic E-state index is 12.5. The molecule has 2 aromatic rings. The lowest BCUT2D eigenvalue weighted by Crippen LogP contribution is -2.49. The van der Waals surface area contributed by atoms with Crippen molar-refractivity contribution < 1.29 is 13.9 Å². The van der Waals surface area contributed by atoms with Crippen LogP contribution >= 0.6 is 23.2 Å². The molecule has 8 heteroatoms. The zero-order valence-electron chi connectivity index (χ0n) is 13.5. The van der Waals surface area contributed by atoms with Crippen LogP contribution in [-0.4, -0.2) is 44.1 Å². The first kappa shape index (κ1) is 17.6. The number of nitrogens with zero attached hydrogens (tertiary/aromatic N) is 2. The molecule has 1 aromatic heterocycles. The molecule has 6 nitrogen and oxygen atoms in total. The smallest absolute Gasteiger partial charge is 0.289 e. The highest BCUT2D eigenvalue weighted by Crippen LogP contribution is 2.32. The van der Waals surface area contributed by atoms with Crippen LogP contribution < -0.4 is 15.1 Å². The lowest BCUT2D eigenvalue weighted by Gasteiger charge is -2.36. The van der Waals surface area contributed by atoms with E-state index in [2.05, 4.69) is 4.90 Å². The minimum atomic E-state index is -0.388. The first-order valence-electron chi connectivity index (χ1n) is 7.66. The summed E-state index contributed by atoms with van der Waals surface area (Å²) in [6.45, 7) is 2.17. The van der Waals surface area contributed by atoms with Crippen molar-refractivity contribution in [3.05, 3.63) is 56.6 Å². The second-order valence-electron chi connectivity index (χ2n) is 5.53. The first-order chi connectivity index (χ1) is 12.0. The van der Waals surface area contributed by atoms with Crippen molar-refractivity contribution in [2.75, 3.05) is 38.2 Å². The summed E-state index contributed by atoms with van der Waals surface area (Å²) in [5.74, 6) is -0.256. The molecule has 0 saturated carbocycles. The van der Waals surface area contributed by atoms with Gasteiger partial charge in [0.25, 0.3) is 5.91 Å².